The number of methoxy groups -OCH3 is 1. The number of anilines is 1. The molecule has 0 radical (unpaired) electrons. The second kappa shape index (κ2) is 8.27. The zero-order valence-electron chi connectivity index (χ0n) is 14.7. The van der Waals surface area contributed by atoms with E-state index in [0.29, 0.717) is 16.8 Å². The van der Waals surface area contributed by atoms with E-state index in [1.807, 2.05) is 6.07 Å². The summed E-state index contributed by atoms with van der Waals surface area (Å²) >= 11 is 0. The number of ether oxygens (including phenoxy) is 1. The fourth-order valence-electron chi connectivity index (χ4n) is 2.70. The SMILES string of the molecule is COc1ccc(C(=O)CNc2ccccc2C(=O)c2ccccc2)cc1F. The molecule has 3 aromatic rings. The van der Waals surface area contributed by atoms with E-state index in [1.165, 1.54) is 19.2 Å². The number of carbonyl (C=O) groups is 2. The van der Waals surface area contributed by atoms with E-state index in [9.17, 15) is 14.0 Å². The monoisotopic (exact) mass is 363 g/mol. The zero-order valence-corrected chi connectivity index (χ0v) is 14.7. The van der Waals surface area contributed by atoms with Gasteiger partial charge in [-0.15, -0.1) is 0 Å². The number of halogens is 1. The molecule has 136 valence electrons. The lowest BCUT2D eigenvalue weighted by Crippen LogP contribution is -2.16. The Morgan fingerprint density at radius 3 is 2.33 bits per heavy atom. The largest absolute Gasteiger partial charge is 0.494 e. The van der Waals surface area contributed by atoms with Crippen LogP contribution >= 0.6 is 0 Å². The van der Waals surface area contributed by atoms with Gasteiger partial charge in [0.05, 0.1) is 13.7 Å². The summed E-state index contributed by atoms with van der Waals surface area (Å²) in [7, 11) is 1.36. The van der Waals surface area contributed by atoms with Crippen molar-refractivity contribution in [3.63, 3.8) is 0 Å². The molecule has 0 aromatic heterocycles. The maximum absolute atomic E-state index is 13.8. The minimum atomic E-state index is -0.594. The number of ketones is 2. The molecule has 0 spiro atoms. The number of para-hydroxylation sites is 1. The quantitative estimate of drug-likeness (QED) is 0.634. The highest BCUT2D eigenvalue weighted by Gasteiger charge is 2.15. The minimum Gasteiger partial charge on any atom is -0.494 e. The zero-order chi connectivity index (χ0) is 19.2. The maximum Gasteiger partial charge on any atom is 0.195 e. The molecule has 3 aromatic carbocycles. The van der Waals surface area contributed by atoms with Crippen molar-refractivity contribution in [2.45, 2.75) is 0 Å². The normalized spacial score (nSPS) is 10.3. The first-order valence-corrected chi connectivity index (χ1v) is 8.39. The van der Waals surface area contributed by atoms with Gasteiger partial charge >= 0.3 is 0 Å². The standard InChI is InChI=1S/C22H18FNO3/c1-27-21-12-11-16(13-18(21)23)20(25)14-24-19-10-6-5-9-17(19)22(26)15-7-3-2-4-8-15/h2-13,24H,14H2,1H3. The highest BCUT2D eigenvalue weighted by molar-refractivity contribution is 6.12. The van der Waals surface area contributed by atoms with Gasteiger partial charge < -0.3 is 10.1 Å². The summed E-state index contributed by atoms with van der Waals surface area (Å²) in [5.41, 5.74) is 1.81. The summed E-state index contributed by atoms with van der Waals surface area (Å²) in [4.78, 5) is 25.1. The van der Waals surface area contributed by atoms with Gasteiger partial charge in [0.1, 0.15) is 0 Å². The number of carbonyl (C=O) groups excluding carboxylic acids is 2. The van der Waals surface area contributed by atoms with Gasteiger partial charge in [-0.2, -0.15) is 0 Å². The molecule has 5 heteroatoms. The van der Waals surface area contributed by atoms with Gasteiger partial charge in [-0.25, -0.2) is 4.39 Å². The third-order valence-electron chi connectivity index (χ3n) is 4.12. The topological polar surface area (TPSA) is 55.4 Å². The number of hydrogen-bond acceptors (Lipinski definition) is 4. The number of benzene rings is 3. The Labute approximate surface area is 156 Å². The molecule has 0 aliphatic carbocycles. The van der Waals surface area contributed by atoms with Gasteiger partial charge in [0.2, 0.25) is 0 Å². The summed E-state index contributed by atoms with van der Waals surface area (Å²) in [6, 6.07) is 20.0. The minimum absolute atomic E-state index is 0.0646. The predicted molar refractivity (Wildman–Crippen MR) is 102 cm³/mol. The van der Waals surface area contributed by atoms with Gasteiger partial charge in [0.15, 0.2) is 23.1 Å². The van der Waals surface area contributed by atoms with Crippen molar-refractivity contribution in [1.82, 2.24) is 0 Å². The molecule has 0 unspecified atom stereocenters. The molecule has 27 heavy (non-hydrogen) atoms. The van der Waals surface area contributed by atoms with E-state index < -0.39 is 5.82 Å². The van der Waals surface area contributed by atoms with Crippen LogP contribution in [0.25, 0.3) is 0 Å². The molecular formula is C22H18FNO3. The number of Topliss-reactive ketones (excluding diaryl/α,β-unsaturated/α-hetero) is 1. The molecule has 3 rings (SSSR count). The van der Waals surface area contributed by atoms with Crippen molar-refractivity contribution in [2.75, 3.05) is 19.0 Å². The van der Waals surface area contributed by atoms with E-state index >= 15 is 0 Å². The summed E-state index contributed by atoms with van der Waals surface area (Å²) in [5, 5.41) is 2.99. The van der Waals surface area contributed by atoms with Crippen LogP contribution in [0.2, 0.25) is 0 Å². The van der Waals surface area contributed by atoms with Crippen LogP contribution in [0, 0.1) is 5.82 Å². The van der Waals surface area contributed by atoms with Crippen LogP contribution in [-0.4, -0.2) is 25.2 Å². The first kappa shape index (κ1) is 18.3. The molecule has 0 aliphatic heterocycles. The van der Waals surface area contributed by atoms with E-state index in [0.717, 1.165) is 6.07 Å². The second-order valence-corrected chi connectivity index (χ2v) is 5.87. The average Bonchev–Trinajstić information content (AvgIpc) is 2.72. The molecule has 0 saturated carbocycles. The highest BCUT2D eigenvalue weighted by Crippen LogP contribution is 2.21. The lowest BCUT2D eigenvalue weighted by molar-refractivity contribution is 0.100. The molecule has 0 saturated heterocycles. The van der Waals surface area contributed by atoms with Crippen LogP contribution in [0.4, 0.5) is 10.1 Å². The van der Waals surface area contributed by atoms with Crippen molar-refractivity contribution < 1.29 is 18.7 Å². The van der Waals surface area contributed by atoms with Gasteiger partial charge in [-0.1, -0.05) is 42.5 Å². The van der Waals surface area contributed by atoms with E-state index in [2.05, 4.69) is 5.32 Å². The van der Waals surface area contributed by atoms with E-state index in [1.54, 1.807) is 48.5 Å². The molecule has 0 fully saturated rings. The molecule has 1 N–H and O–H groups in total. The Morgan fingerprint density at radius 1 is 0.926 bits per heavy atom. The Morgan fingerprint density at radius 2 is 1.63 bits per heavy atom. The van der Waals surface area contributed by atoms with Crippen LogP contribution in [0.5, 0.6) is 5.75 Å². The smallest absolute Gasteiger partial charge is 0.195 e. The van der Waals surface area contributed by atoms with Gasteiger partial charge in [-0.05, 0) is 30.3 Å². The first-order valence-electron chi connectivity index (χ1n) is 8.39. The third kappa shape index (κ3) is 4.20. The summed E-state index contributed by atoms with van der Waals surface area (Å²) in [5.74, 6) is -0.943. The number of hydrogen-bond donors (Lipinski definition) is 1. The Kier molecular flexibility index (Phi) is 5.61. The molecule has 0 heterocycles. The fraction of sp³-hybridized carbons (Fsp3) is 0.0909. The Balaban J connectivity index is 1.76. The van der Waals surface area contributed by atoms with E-state index in [4.69, 9.17) is 4.74 Å². The first-order chi connectivity index (χ1) is 13.1. The van der Waals surface area contributed by atoms with Crippen molar-refractivity contribution in [2.24, 2.45) is 0 Å². The highest BCUT2D eigenvalue weighted by atomic mass is 19.1. The summed E-state index contributed by atoms with van der Waals surface area (Å²) in [6.45, 7) is -0.0646. The van der Waals surface area contributed by atoms with Crippen LogP contribution < -0.4 is 10.1 Å². The van der Waals surface area contributed by atoms with E-state index in [-0.39, 0.29) is 29.4 Å². The molecular weight excluding hydrogens is 345 g/mol. The summed E-state index contributed by atoms with van der Waals surface area (Å²) in [6.07, 6.45) is 0. The van der Waals surface area contributed by atoms with Crippen molar-refractivity contribution >= 4 is 17.3 Å². The predicted octanol–water partition coefficient (Wildman–Crippen LogP) is 4.36. The van der Waals surface area contributed by atoms with Crippen molar-refractivity contribution in [3.05, 3.63) is 95.3 Å². The van der Waals surface area contributed by atoms with Crippen LogP contribution in [-0.2, 0) is 0 Å². The maximum atomic E-state index is 13.8. The van der Waals surface area contributed by atoms with Crippen molar-refractivity contribution in [3.8, 4) is 5.75 Å². The third-order valence-corrected chi connectivity index (χ3v) is 4.12. The van der Waals surface area contributed by atoms with Gasteiger partial charge in [0, 0.05) is 22.4 Å². The Bertz CT molecular complexity index is 970. The lowest BCUT2D eigenvalue weighted by Gasteiger charge is -2.11. The van der Waals surface area contributed by atoms with Gasteiger partial charge in [-0.3, -0.25) is 9.59 Å². The number of rotatable bonds is 7. The van der Waals surface area contributed by atoms with Crippen molar-refractivity contribution in [1.29, 1.82) is 0 Å². The molecule has 0 amide bonds. The molecule has 0 atom stereocenters. The fourth-order valence-corrected chi connectivity index (χ4v) is 2.70. The average molecular weight is 363 g/mol. The van der Waals surface area contributed by atoms with Crippen LogP contribution in [0.15, 0.2) is 72.8 Å². The Hall–Kier alpha value is -3.47. The van der Waals surface area contributed by atoms with Gasteiger partial charge in [0.25, 0.3) is 0 Å². The van der Waals surface area contributed by atoms with Crippen LogP contribution in [0.1, 0.15) is 26.3 Å². The summed E-state index contributed by atoms with van der Waals surface area (Å²) < 4.78 is 18.6. The number of nitrogens with one attached hydrogen (secondary N) is 1. The molecule has 0 bridgehead atoms. The van der Waals surface area contributed by atoms with Crippen LogP contribution in [0.3, 0.4) is 0 Å². The molecule has 0 aliphatic rings. The lowest BCUT2D eigenvalue weighted by atomic mass is 10.0. The molecule has 4 nitrogen and oxygen atoms in total. The second-order valence-electron chi connectivity index (χ2n) is 5.87.